The summed E-state index contributed by atoms with van der Waals surface area (Å²) in [6.07, 6.45) is 5.43. The van der Waals surface area contributed by atoms with Crippen molar-refractivity contribution in [3.05, 3.63) is 151 Å². The minimum Gasteiger partial charge on any atom is -0.337 e. The van der Waals surface area contributed by atoms with Crippen LogP contribution in [0.1, 0.15) is 22.6 Å². The predicted octanol–water partition coefficient (Wildman–Crippen LogP) is 7.31. The maximum Gasteiger partial charge on any atom is 0.162 e. The number of nitrogens with zero attached hydrogens (tertiary/aromatic N) is 7. The third kappa shape index (κ3) is 3.85. The fraction of sp³-hybridized carbons (Fsp3) is 0.162. The van der Waals surface area contributed by atoms with E-state index in [9.17, 15) is 0 Å². The molecule has 4 aromatic carbocycles. The summed E-state index contributed by atoms with van der Waals surface area (Å²) in [5.41, 5.74) is 7.80. The summed E-state index contributed by atoms with van der Waals surface area (Å²) in [5.74, 6) is 1.83. The highest BCUT2D eigenvalue weighted by Crippen LogP contribution is 2.55. The maximum absolute atomic E-state index is 5.49. The zero-order valence-corrected chi connectivity index (χ0v) is 24.8. The lowest BCUT2D eigenvalue weighted by molar-refractivity contribution is 0.309. The number of anilines is 5. The molecule has 7 heteroatoms. The number of hydrogen-bond donors (Lipinski definition) is 0. The minimum atomic E-state index is -0.206. The zero-order chi connectivity index (χ0) is 29.8. The standard InChI is InChI=1S/C37H33N7/c1-4-28-29-20-12-14-22-31(29)43-32-23-38-24-39-35(32)41(3)36(43)33(28)37-42(27-18-9-6-10-19-27)34(26-16-7-5-8-17-26)40-44(37)30-21-13-11-15-25(30)2/h4-24,28,33,36-37H,1H2,2-3H3. The summed E-state index contributed by atoms with van der Waals surface area (Å²) in [6, 6.07) is 38.4. The monoisotopic (exact) mass is 575 g/mol. The van der Waals surface area contributed by atoms with Gasteiger partial charge in [0.1, 0.15) is 24.3 Å². The normalized spacial score (nSPS) is 21.9. The van der Waals surface area contributed by atoms with Crippen molar-refractivity contribution in [3.63, 3.8) is 0 Å². The molecule has 7 nitrogen and oxygen atoms in total. The molecule has 0 aliphatic carbocycles. The van der Waals surface area contributed by atoms with E-state index in [0.29, 0.717) is 0 Å². The van der Waals surface area contributed by atoms with Crippen LogP contribution in [0.2, 0.25) is 0 Å². The predicted molar refractivity (Wildman–Crippen MR) is 179 cm³/mol. The first-order chi connectivity index (χ1) is 21.7. The van der Waals surface area contributed by atoms with Crippen molar-refractivity contribution in [2.45, 2.75) is 25.2 Å². The third-order valence-corrected chi connectivity index (χ3v) is 9.21. The molecule has 4 unspecified atom stereocenters. The molecule has 1 aromatic heterocycles. The van der Waals surface area contributed by atoms with Crippen LogP contribution >= 0.6 is 0 Å². The van der Waals surface area contributed by atoms with Gasteiger partial charge < -0.3 is 14.7 Å². The lowest BCUT2D eigenvalue weighted by atomic mass is 9.76. The van der Waals surface area contributed by atoms with E-state index < -0.39 is 0 Å². The Bertz CT molecular complexity index is 1870. The van der Waals surface area contributed by atoms with Gasteiger partial charge in [0.15, 0.2) is 11.7 Å². The Morgan fingerprint density at radius 1 is 0.727 bits per heavy atom. The van der Waals surface area contributed by atoms with Gasteiger partial charge in [-0.1, -0.05) is 91.0 Å². The first kappa shape index (κ1) is 26.2. The van der Waals surface area contributed by atoms with Gasteiger partial charge in [0.05, 0.1) is 17.8 Å². The lowest BCUT2D eigenvalue weighted by Crippen LogP contribution is -2.60. The molecule has 5 aromatic rings. The molecule has 0 spiro atoms. The summed E-state index contributed by atoms with van der Waals surface area (Å²) in [5, 5.41) is 7.74. The van der Waals surface area contributed by atoms with Crippen LogP contribution < -0.4 is 19.7 Å². The van der Waals surface area contributed by atoms with E-state index in [0.717, 1.165) is 40.0 Å². The summed E-state index contributed by atoms with van der Waals surface area (Å²) in [7, 11) is 2.15. The van der Waals surface area contributed by atoms with Crippen LogP contribution in [0.3, 0.4) is 0 Å². The van der Waals surface area contributed by atoms with Crippen LogP contribution in [-0.4, -0.2) is 35.2 Å². The van der Waals surface area contributed by atoms with Gasteiger partial charge in [-0.2, -0.15) is 5.10 Å². The minimum absolute atomic E-state index is 0.0187. The number of allylic oxidation sites excluding steroid dienone is 1. The van der Waals surface area contributed by atoms with Gasteiger partial charge in [-0.25, -0.2) is 15.0 Å². The number of hydrazone groups is 1. The average molecular weight is 576 g/mol. The van der Waals surface area contributed by atoms with E-state index >= 15 is 0 Å². The molecule has 3 aliphatic rings. The second-order valence-electron chi connectivity index (χ2n) is 11.6. The zero-order valence-electron chi connectivity index (χ0n) is 24.8. The van der Waals surface area contributed by atoms with Crippen LogP contribution in [0.5, 0.6) is 0 Å². The van der Waals surface area contributed by atoms with Crippen LogP contribution in [-0.2, 0) is 0 Å². The number of aromatic nitrogens is 2. The number of para-hydroxylation sites is 3. The molecule has 0 bridgehead atoms. The number of amidine groups is 1. The number of benzene rings is 4. The van der Waals surface area contributed by atoms with E-state index in [1.165, 1.54) is 11.1 Å². The van der Waals surface area contributed by atoms with Crippen molar-refractivity contribution in [3.8, 4) is 0 Å². The molecule has 0 saturated carbocycles. The first-order valence-electron chi connectivity index (χ1n) is 15.0. The van der Waals surface area contributed by atoms with Crippen molar-refractivity contribution in [1.29, 1.82) is 0 Å². The van der Waals surface area contributed by atoms with Gasteiger partial charge in [-0.3, -0.25) is 0 Å². The smallest absolute Gasteiger partial charge is 0.162 e. The molecule has 0 saturated heterocycles. The van der Waals surface area contributed by atoms with Gasteiger partial charge in [-0.05, 0) is 42.3 Å². The second-order valence-corrected chi connectivity index (χ2v) is 11.6. The Morgan fingerprint density at radius 3 is 2.16 bits per heavy atom. The van der Waals surface area contributed by atoms with Crippen LogP contribution in [0.4, 0.5) is 28.6 Å². The van der Waals surface area contributed by atoms with E-state index in [-0.39, 0.29) is 24.2 Å². The molecule has 0 amide bonds. The molecule has 4 atom stereocenters. The molecule has 3 aliphatic heterocycles. The number of fused-ring (bicyclic) bond motifs is 5. The summed E-state index contributed by atoms with van der Waals surface area (Å²) in [6.45, 7) is 6.61. The SMILES string of the molecule is C=CC1c2ccccc2N2c3cncnc3N(C)C2C1C1N(c2ccccc2C)N=C(c2ccccc2)N1c1ccccc1. The fourth-order valence-electron chi connectivity index (χ4n) is 7.35. The Kier molecular flexibility index (Phi) is 6.19. The van der Waals surface area contributed by atoms with E-state index in [4.69, 9.17) is 10.1 Å². The highest BCUT2D eigenvalue weighted by molar-refractivity contribution is 6.12. The average Bonchev–Trinajstić information content (AvgIpc) is 3.61. The number of aryl methyl sites for hydroxylation is 1. The highest BCUT2D eigenvalue weighted by Gasteiger charge is 2.56. The van der Waals surface area contributed by atoms with Gasteiger partial charge in [0, 0.05) is 29.9 Å². The maximum atomic E-state index is 5.49. The van der Waals surface area contributed by atoms with Crippen molar-refractivity contribution >= 4 is 34.4 Å². The van der Waals surface area contributed by atoms with Crippen molar-refractivity contribution < 1.29 is 0 Å². The Labute approximate surface area is 258 Å². The van der Waals surface area contributed by atoms with Crippen LogP contribution in [0, 0.1) is 12.8 Å². The molecule has 8 rings (SSSR count). The Hall–Kier alpha value is -5.43. The molecular formula is C37H33N7. The number of hydrogen-bond acceptors (Lipinski definition) is 7. The van der Waals surface area contributed by atoms with Crippen molar-refractivity contribution in [2.24, 2.45) is 11.0 Å². The van der Waals surface area contributed by atoms with Crippen LogP contribution in [0.15, 0.2) is 139 Å². The topological polar surface area (TPSA) is 51.1 Å². The molecule has 44 heavy (non-hydrogen) atoms. The molecule has 4 heterocycles. The fourth-order valence-corrected chi connectivity index (χ4v) is 7.35. The second kappa shape index (κ2) is 10.4. The van der Waals surface area contributed by atoms with Crippen LogP contribution in [0.25, 0.3) is 0 Å². The molecular weight excluding hydrogens is 542 g/mol. The molecule has 0 radical (unpaired) electrons. The Morgan fingerprint density at radius 2 is 1.41 bits per heavy atom. The summed E-state index contributed by atoms with van der Waals surface area (Å²) < 4.78 is 0. The number of rotatable bonds is 5. The molecule has 0 fully saturated rings. The van der Waals surface area contributed by atoms with Gasteiger partial charge in [0.2, 0.25) is 0 Å². The first-order valence-corrected chi connectivity index (χ1v) is 15.0. The van der Waals surface area contributed by atoms with E-state index in [1.54, 1.807) is 6.33 Å². The van der Waals surface area contributed by atoms with E-state index in [1.807, 2.05) is 6.20 Å². The van der Waals surface area contributed by atoms with Crippen molar-refractivity contribution in [2.75, 3.05) is 26.8 Å². The van der Waals surface area contributed by atoms with Crippen molar-refractivity contribution in [1.82, 2.24) is 9.97 Å². The summed E-state index contributed by atoms with van der Waals surface area (Å²) >= 11 is 0. The largest absolute Gasteiger partial charge is 0.337 e. The molecule has 216 valence electrons. The molecule has 0 N–H and O–H groups in total. The summed E-state index contributed by atoms with van der Waals surface area (Å²) in [4.78, 5) is 16.4. The lowest BCUT2D eigenvalue weighted by Gasteiger charge is -2.50. The van der Waals surface area contributed by atoms with E-state index in [2.05, 4.69) is 161 Å². The Balaban J connectivity index is 1.41. The van der Waals surface area contributed by atoms with Gasteiger partial charge in [-0.15, -0.1) is 6.58 Å². The van der Waals surface area contributed by atoms with Gasteiger partial charge >= 0.3 is 0 Å². The third-order valence-electron chi connectivity index (χ3n) is 9.21. The van der Waals surface area contributed by atoms with Gasteiger partial charge in [0.25, 0.3) is 0 Å². The quantitative estimate of drug-likeness (QED) is 0.205. The highest BCUT2D eigenvalue weighted by atomic mass is 15.6.